The van der Waals surface area contributed by atoms with E-state index in [2.05, 4.69) is 38.7 Å². The highest BCUT2D eigenvalue weighted by atomic mass is 32.2. The Morgan fingerprint density at radius 2 is 1.89 bits per heavy atom. The molecule has 0 radical (unpaired) electrons. The second kappa shape index (κ2) is 12.3. The molecule has 5 heterocycles. The summed E-state index contributed by atoms with van der Waals surface area (Å²) in [6.45, 7) is 14.8. The van der Waals surface area contributed by atoms with Crippen molar-refractivity contribution in [2.75, 3.05) is 68.9 Å². The maximum absolute atomic E-state index is 12.8. The number of morpholine rings is 1. The molecule has 0 spiro atoms. The molecule has 0 unspecified atom stereocenters. The third-order valence-electron chi connectivity index (χ3n) is 7.47. The van der Waals surface area contributed by atoms with Crippen LogP contribution >= 0.6 is 11.3 Å². The van der Waals surface area contributed by atoms with E-state index >= 15 is 0 Å². The molecule has 240 valence electrons. The van der Waals surface area contributed by atoms with Gasteiger partial charge in [0.05, 0.1) is 42.5 Å². The van der Waals surface area contributed by atoms with Crippen molar-refractivity contribution in [1.29, 1.82) is 0 Å². The summed E-state index contributed by atoms with van der Waals surface area (Å²) in [5, 5.41) is 2.11. The van der Waals surface area contributed by atoms with E-state index in [4.69, 9.17) is 24.2 Å². The summed E-state index contributed by atoms with van der Waals surface area (Å²) >= 11 is 1.54. The van der Waals surface area contributed by atoms with Crippen molar-refractivity contribution in [1.82, 2.24) is 24.8 Å². The first kappa shape index (κ1) is 32.1. The Balaban J connectivity index is 1.51. The SMILES string of the molecule is COc1ncc(-c2nc(N3CCOCC3)nc3c(CN4CCN(C(=O)OC(C)(C)C)CC4(C)C)csc23)cc1NS(C)(=O)=O. The van der Waals surface area contributed by atoms with Gasteiger partial charge in [0.2, 0.25) is 21.9 Å². The van der Waals surface area contributed by atoms with Crippen molar-refractivity contribution in [3.05, 3.63) is 23.2 Å². The summed E-state index contributed by atoms with van der Waals surface area (Å²) in [5.74, 6) is 0.746. The molecule has 15 heteroatoms. The fourth-order valence-corrected chi connectivity index (χ4v) is 6.91. The van der Waals surface area contributed by atoms with E-state index in [-0.39, 0.29) is 23.2 Å². The number of thiophene rings is 1. The molecule has 0 bridgehead atoms. The Kier molecular flexibility index (Phi) is 8.95. The van der Waals surface area contributed by atoms with E-state index in [9.17, 15) is 13.2 Å². The van der Waals surface area contributed by atoms with Crippen LogP contribution in [-0.4, -0.2) is 110 Å². The third-order valence-corrected chi connectivity index (χ3v) is 9.09. The van der Waals surface area contributed by atoms with Crippen molar-refractivity contribution < 1.29 is 27.4 Å². The van der Waals surface area contributed by atoms with E-state index in [0.717, 1.165) is 22.0 Å². The number of piperazine rings is 1. The maximum Gasteiger partial charge on any atom is 0.410 e. The van der Waals surface area contributed by atoms with Crippen molar-refractivity contribution in [2.45, 2.75) is 52.3 Å². The van der Waals surface area contributed by atoms with Crippen molar-refractivity contribution in [3.8, 4) is 17.1 Å². The summed E-state index contributed by atoms with van der Waals surface area (Å²) in [5.41, 5.74) is 2.56. The number of nitrogens with zero attached hydrogens (tertiary/aromatic N) is 6. The molecule has 2 saturated heterocycles. The van der Waals surface area contributed by atoms with Gasteiger partial charge in [-0.15, -0.1) is 11.3 Å². The molecule has 2 aliphatic rings. The highest BCUT2D eigenvalue weighted by molar-refractivity contribution is 7.92. The van der Waals surface area contributed by atoms with Crippen LogP contribution in [0.5, 0.6) is 5.88 Å². The smallest absolute Gasteiger partial charge is 0.410 e. The zero-order chi connectivity index (χ0) is 31.9. The number of carbonyl (C=O) groups is 1. The lowest BCUT2D eigenvalue weighted by atomic mass is 9.98. The fraction of sp³-hybridized carbons (Fsp3) is 0.586. The van der Waals surface area contributed by atoms with Gasteiger partial charge in [-0.1, -0.05) is 0 Å². The van der Waals surface area contributed by atoms with Gasteiger partial charge in [-0.2, -0.15) is 0 Å². The molecule has 0 saturated carbocycles. The molecule has 13 nitrogen and oxygen atoms in total. The quantitative estimate of drug-likeness (QED) is 0.401. The van der Waals surface area contributed by atoms with Crippen LogP contribution in [0.3, 0.4) is 0 Å². The molecule has 0 aromatic carbocycles. The summed E-state index contributed by atoms with van der Waals surface area (Å²) in [6.07, 6.45) is 2.42. The number of fused-ring (bicyclic) bond motifs is 1. The fourth-order valence-electron chi connectivity index (χ4n) is 5.35. The average Bonchev–Trinajstić information content (AvgIpc) is 3.34. The molecule has 2 aliphatic heterocycles. The van der Waals surface area contributed by atoms with Crippen LogP contribution in [0.15, 0.2) is 17.6 Å². The standard InChI is InChI=1S/C29H41N7O6S2/c1-28(2,3)42-27(37)35-8-9-36(29(4,5)18-35)16-20-17-43-24-22(31-26(32-23(20)24)34-10-12-41-13-11-34)19-14-21(33-44(7,38)39)25(40-6)30-15-19/h14-15,17,33H,8-13,16,18H2,1-7H3. The number of hydrogen-bond acceptors (Lipinski definition) is 12. The van der Waals surface area contributed by atoms with Crippen LogP contribution in [0.25, 0.3) is 21.5 Å². The van der Waals surface area contributed by atoms with Crippen LogP contribution < -0.4 is 14.4 Å². The summed E-state index contributed by atoms with van der Waals surface area (Å²) in [7, 11) is -2.14. The lowest BCUT2D eigenvalue weighted by Gasteiger charge is -2.47. The number of ether oxygens (including phenoxy) is 3. The van der Waals surface area contributed by atoms with Gasteiger partial charge in [0, 0.05) is 62.1 Å². The van der Waals surface area contributed by atoms with E-state index in [1.54, 1.807) is 28.5 Å². The van der Waals surface area contributed by atoms with Gasteiger partial charge in [0.1, 0.15) is 11.3 Å². The van der Waals surface area contributed by atoms with E-state index < -0.39 is 15.6 Å². The first-order chi connectivity index (χ1) is 20.6. The molecule has 5 rings (SSSR count). The number of hydrogen-bond donors (Lipinski definition) is 1. The normalized spacial score (nSPS) is 18.0. The highest BCUT2D eigenvalue weighted by Crippen LogP contribution is 2.38. The molecule has 0 aliphatic carbocycles. The van der Waals surface area contributed by atoms with Gasteiger partial charge in [-0.25, -0.2) is 28.2 Å². The third kappa shape index (κ3) is 7.33. The molecule has 1 amide bonds. The minimum atomic E-state index is -3.58. The minimum Gasteiger partial charge on any atom is -0.480 e. The lowest BCUT2D eigenvalue weighted by Crippen LogP contribution is -2.60. The zero-order valence-corrected chi connectivity index (χ0v) is 28.0. The van der Waals surface area contributed by atoms with Crippen molar-refractivity contribution >= 4 is 49.3 Å². The van der Waals surface area contributed by atoms with E-state index in [0.29, 0.717) is 69.7 Å². The van der Waals surface area contributed by atoms with Gasteiger partial charge in [-0.3, -0.25) is 9.62 Å². The molecule has 0 atom stereocenters. The Labute approximate surface area is 262 Å². The van der Waals surface area contributed by atoms with Gasteiger partial charge >= 0.3 is 6.09 Å². The molecule has 44 heavy (non-hydrogen) atoms. The van der Waals surface area contributed by atoms with Crippen molar-refractivity contribution in [3.63, 3.8) is 0 Å². The highest BCUT2D eigenvalue weighted by Gasteiger charge is 2.37. The van der Waals surface area contributed by atoms with E-state index in [1.165, 1.54) is 7.11 Å². The number of nitrogens with one attached hydrogen (secondary N) is 1. The Hall–Kier alpha value is -3.27. The zero-order valence-electron chi connectivity index (χ0n) is 26.3. The average molecular weight is 648 g/mol. The van der Waals surface area contributed by atoms with Gasteiger partial charge < -0.3 is 24.0 Å². The maximum atomic E-state index is 12.8. The number of pyridine rings is 1. The van der Waals surface area contributed by atoms with Crippen LogP contribution in [0.2, 0.25) is 0 Å². The molecule has 1 N–H and O–H groups in total. The van der Waals surface area contributed by atoms with E-state index in [1.807, 2.05) is 20.8 Å². The van der Waals surface area contributed by atoms with Crippen molar-refractivity contribution in [2.24, 2.45) is 0 Å². The molecule has 3 aromatic heterocycles. The van der Waals surface area contributed by atoms with Gasteiger partial charge in [0.25, 0.3) is 0 Å². The topological polar surface area (TPSA) is 139 Å². The first-order valence-electron chi connectivity index (χ1n) is 14.5. The minimum absolute atomic E-state index is 0.164. The molecular formula is C29H41N7O6S2. The number of amides is 1. The number of carbonyl (C=O) groups excluding carboxylic acids is 1. The number of aromatic nitrogens is 3. The molecule has 2 fully saturated rings. The van der Waals surface area contributed by atoms with Crippen LogP contribution in [0, 0.1) is 0 Å². The number of sulfonamides is 1. The number of rotatable bonds is 7. The Morgan fingerprint density at radius 3 is 2.52 bits per heavy atom. The number of anilines is 2. The summed E-state index contributed by atoms with van der Waals surface area (Å²) < 4.78 is 44.1. The van der Waals surface area contributed by atoms with Crippen LogP contribution in [0.1, 0.15) is 40.2 Å². The lowest BCUT2D eigenvalue weighted by molar-refractivity contribution is -0.0176. The Morgan fingerprint density at radius 1 is 1.16 bits per heavy atom. The summed E-state index contributed by atoms with van der Waals surface area (Å²) in [6, 6.07) is 1.69. The monoisotopic (exact) mass is 647 g/mol. The van der Waals surface area contributed by atoms with Gasteiger partial charge in [0.15, 0.2) is 0 Å². The second-order valence-electron chi connectivity index (χ2n) is 12.7. The predicted molar refractivity (Wildman–Crippen MR) is 171 cm³/mol. The summed E-state index contributed by atoms with van der Waals surface area (Å²) in [4.78, 5) is 33.5. The van der Waals surface area contributed by atoms with Crippen LogP contribution in [0.4, 0.5) is 16.4 Å². The number of methoxy groups -OCH3 is 1. The molecule has 3 aromatic rings. The van der Waals surface area contributed by atoms with Gasteiger partial charge in [-0.05, 0) is 46.1 Å². The first-order valence-corrected chi connectivity index (χ1v) is 17.3. The largest absolute Gasteiger partial charge is 0.480 e. The molecular weight excluding hydrogens is 606 g/mol. The van der Waals surface area contributed by atoms with Crippen LogP contribution in [-0.2, 0) is 26.0 Å². The second-order valence-corrected chi connectivity index (χ2v) is 15.3. The Bertz CT molecular complexity index is 1630. The predicted octanol–water partition coefficient (Wildman–Crippen LogP) is 3.80.